The zero-order valence-electron chi connectivity index (χ0n) is 12.3. The maximum atomic E-state index is 13.1. The highest BCUT2D eigenvalue weighted by Crippen LogP contribution is 2.26. The van der Waals surface area contributed by atoms with Gasteiger partial charge in [0.1, 0.15) is 0 Å². The number of piperazine rings is 1. The van der Waals surface area contributed by atoms with Crippen molar-refractivity contribution in [1.29, 1.82) is 0 Å². The van der Waals surface area contributed by atoms with Crippen molar-refractivity contribution in [3.63, 3.8) is 0 Å². The predicted molar refractivity (Wildman–Crippen MR) is 76.6 cm³/mol. The van der Waals surface area contributed by atoms with Gasteiger partial charge >= 0.3 is 0 Å². The summed E-state index contributed by atoms with van der Waals surface area (Å²) in [6, 6.07) is -0.794. The summed E-state index contributed by atoms with van der Waals surface area (Å²) in [6.07, 6.45) is -0.434. The maximum Gasteiger partial charge on any atom is 0.262 e. The minimum atomic E-state index is -2.80. The largest absolute Gasteiger partial charge is 0.339 e. The first kappa shape index (κ1) is 18.1. The van der Waals surface area contributed by atoms with E-state index < -0.39 is 24.9 Å². The molecular formula is C13H22ClF2N3O2. The molecule has 0 aromatic rings. The van der Waals surface area contributed by atoms with E-state index in [2.05, 4.69) is 5.32 Å². The summed E-state index contributed by atoms with van der Waals surface area (Å²) in [6.45, 7) is 5.03. The first-order valence-corrected chi connectivity index (χ1v) is 6.99. The van der Waals surface area contributed by atoms with Gasteiger partial charge in [-0.1, -0.05) is 13.8 Å². The van der Waals surface area contributed by atoms with Crippen molar-refractivity contribution in [3.05, 3.63) is 0 Å². The number of hydrogen-bond acceptors (Lipinski definition) is 3. The van der Waals surface area contributed by atoms with E-state index >= 15 is 0 Å². The van der Waals surface area contributed by atoms with E-state index in [0.29, 0.717) is 26.2 Å². The average Bonchev–Trinajstić information content (AvgIpc) is 2.77. The molecule has 0 bridgehead atoms. The van der Waals surface area contributed by atoms with Crippen molar-refractivity contribution in [3.8, 4) is 0 Å². The summed E-state index contributed by atoms with van der Waals surface area (Å²) < 4.78 is 26.2. The number of nitrogens with zero attached hydrogens (tertiary/aromatic N) is 2. The number of carbonyl (C=O) groups is 2. The molecule has 0 aromatic heterocycles. The summed E-state index contributed by atoms with van der Waals surface area (Å²) in [5.74, 6) is -3.07. The third-order valence-electron chi connectivity index (χ3n) is 3.80. The Labute approximate surface area is 129 Å². The summed E-state index contributed by atoms with van der Waals surface area (Å²) in [4.78, 5) is 27.3. The van der Waals surface area contributed by atoms with Gasteiger partial charge in [0, 0.05) is 38.5 Å². The van der Waals surface area contributed by atoms with Gasteiger partial charge in [-0.25, -0.2) is 8.78 Å². The van der Waals surface area contributed by atoms with Crippen LogP contribution in [0.4, 0.5) is 8.78 Å². The fourth-order valence-corrected chi connectivity index (χ4v) is 2.62. The van der Waals surface area contributed by atoms with E-state index in [0.717, 1.165) is 0 Å². The fraction of sp³-hybridized carbons (Fsp3) is 0.846. The van der Waals surface area contributed by atoms with Crippen LogP contribution in [-0.4, -0.2) is 66.3 Å². The zero-order chi connectivity index (χ0) is 14.9. The van der Waals surface area contributed by atoms with Crippen LogP contribution < -0.4 is 5.32 Å². The van der Waals surface area contributed by atoms with Gasteiger partial charge in [0.25, 0.3) is 5.92 Å². The molecule has 5 nitrogen and oxygen atoms in total. The Hall–Kier alpha value is -0.950. The Kier molecular flexibility index (Phi) is 5.92. The minimum absolute atomic E-state index is 0. The smallest absolute Gasteiger partial charge is 0.262 e. The minimum Gasteiger partial charge on any atom is -0.339 e. The molecule has 1 atom stereocenters. The SMILES string of the molecule is CC(C)C(=O)N1CCN(C(=O)C2CC(F)(F)CN2)CC1.Cl. The van der Waals surface area contributed by atoms with Crippen molar-refractivity contribution >= 4 is 24.2 Å². The molecule has 1 N–H and O–H groups in total. The quantitative estimate of drug-likeness (QED) is 0.814. The summed E-state index contributed by atoms with van der Waals surface area (Å²) in [5.41, 5.74) is 0. The molecule has 2 aliphatic heterocycles. The number of halogens is 3. The third-order valence-corrected chi connectivity index (χ3v) is 3.80. The lowest BCUT2D eigenvalue weighted by Gasteiger charge is -2.36. The molecule has 0 spiro atoms. The Bertz CT molecular complexity index is 399. The molecule has 2 saturated heterocycles. The second-order valence-corrected chi connectivity index (χ2v) is 5.80. The number of hydrogen-bond donors (Lipinski definition) is 1. The van der Waals surface area contributed by atoms with Gasteiger partial charge in [0.2, 0.25) is 11.8 Å². The Balaban J connectivity index is 0.00000220. The van der Waals surface area contributed by atoms with Crippen molar-refractivity contribution in [2.24, 2.45) is 5.92 Å². The van der Waals surface area contributed by atoms with Gasteiger partial charge in [0.05, 0.1) is 12.6 Å². The first-order chi connectivity index (χ1) is 9.30. The highest BCUT2D eigenvalue weighted by molar-refractivity contribution is 5.85. The third kappa shape index (κ3) is 4.26. The molecule has 2 fully saturated rings. The molecule has 21 heavy (non-hydrogen) atoms. The standard InChI is InChI=1S/C13H21F2N3O2.ClH/c1-9(2)11(19)17-3-5-18(6-4-17)12(20)10-7-13(14,15)8-16-10;/h9-10,16H,3-8H2,1-2H3;1H. The molecule has 8 heteroatoms. The van der Waals surface area contributed by atoms with Crippen molar-refractivity contribution < 1.29 is 18.4 Å². The van der Waals surface area contributed by atoms with E-state index in [-0.39, 0.29) is 30.1 Å². The van der Waals surface area contributed by atoms with Crippen LogP contribution in [0.15, 0.2) is 0 Å². The molecule has 2 heterocycles. The molecule has 0 radical (unpaired) electrons. The van der Waals surface area contributed by atoms with Gasteiger partial charge in [-0.05, 0) is 0 Å². The lowest BCUT2D eigenvalue weighted by atomic mass is 10.1. The van der Waals surface area contributed by atoms with E-state index in [9.17, 15) is 18.4 Å². The number of carbonyl (C=O) groups excluding carboxylic acids is 2. The van der Waals surface area contributed by atoms with E-state index in [1.807, 2.05) is 13.8 Å². The van der Waals surface area contributed by atoms with Gasteiger partial charge in [0.15, 0.2) is 0 Å². The summed E-state index contributed by atoms with van der Waals surface area (Å²) in [7, 11) is 0. The van der Waals surface area contributed by atoms with Crippen LogP contribution in [0, 0.1) is 5.92 Å². The Morgan fingerprint density at radius 3 is 2.10 bits per heavy atom. The van der Waals surface area contributed by atoms with Gasteiger partial charge in [-0.2, -0.15) is 0 Å². The molecule has 122 valence electrons. The number of nitrogens with one attached hydrogen (secondary N) is 1. The van der Waals surface area contributed by atoms with Crippen LogP contribution in [0.2, 0.25) is 0 Å². The van der Waals surface area contributed by atoms with Crippen molar-refractivity contribution in [2.75, 3.05) is 32.7 Å². The molecule has 0 aromatic carbocycles. The van der Waals surface area contributed by atoms with Crippen LogP contribution >= 0.6 is 12.4 Å². The van der Waals surface area contributed by atoms with Gasteiger partial charge < -0.3 is 9.80 Å². The second-order valence-electron chi connectivity index (χ2n) is 5.80. The van der Waals surface area contributed by atoms with Crippen LogP contribution in [-0.2, 0) is 9.59 Å². The summed E-state index contributed by atoms with van der Waals surface area (Å²) in [5, 5.41) is 2.57. The van der Waals surface area contributed by atoms with Gasteiger partial charge in [-0.15, -0.1) is 12.4 Å². The highest BCUT2D eigenvalue weighted by atomic mass is 35.5. The zero-order valence-corrected chi connectivity index (χ0v) is 13.1. The Morgan fingerprint density at radius 1 is 1.14 bits per heavy atom. The molecule has 1 unspecified atom stereocenters. The second kappa shape index (κ2) is 6.87. The summed E-state index contributed by atoms with van der Waals surface area (Å²) >= 11 is 0. The number of amides is 2. The van der Waals surface area contributed by atoms with Crippen LogP contribution in [0.25, 0.3) is 0 Å². The predicted octanol–water partition coefficient (Wildman–Crippen LogP) is 0.732. The first-order valence-electron chi connectivity index (χ1n) is 6.99. The Morgan fingerprint density at radius 2 is 1.67 bits per heavy atom. The number of alkyl halides is 2. The molecule has 2 amide bonds. The normalized spacial score (nSPS) is 24.9. The topological polar surface area (TPSA) is 52.7 Å². The monoisotopic (exact) mass is 325 g/mol. The fourth-order valence-electron chi connectivity index (χ4n) is 2.62. The lowest BCUT2D eigenvalue weighted by molar-refractivity contribution is -0.142. The van der Waals surface area contributed by atoms with Crippen LogP contribution in [0.1, 0.15) is 20.3 Å². The number of rotatable bonds is 2. The van der Waals surface area contributed by atoms with Crippen molar-refractivity contribution in [1.82, 2.24) is 15.1 Å². The molecule has 0 saturated carbocycles. The van der Waals surface area contributed by atoms with E-state index in [4.69, 9.17) is 0 Å². The molecular weight excluding hydrogens is 304 g/mol. The van der Waals surface area contributed by atoms with Crippen LogP contribution in [0.5, 0.6) is 0 Å². The van der Waals surface area contributed by atoms with E-state index in [1.54, 1.807) is 9.80 Å². The van der Waals surface area contributed by atoms with Gasteiger partial charge in [-0.3, -0.25) is 14.9 Å². The van der Waals surface area contributed by atoms with Crippen LogP contribution in [0.3, 0.4) is 0 Å². The van der Waals surface area contributed by atoms with E-state index in [1.165, 1.54) is 0 Å². The maximum absolute atomic E-state index is 13.1. The molecule has 2 rings (SSSR count). The molecule has 0 aliphatic carbocycles. The average molecular weight is 326 g/mol. The highest BCUT2D eigenvalue weighted by Gasteiger charge is 2.43. The van der Waals surface area contributed by atoms with Crippen molar-refractivity contribution in [2.45, 2.75) is 32.2 Å². The lowest BCUT2D eigenvalue weighted by Crippen LogP contribution is -2.54. The molecule has 2 aliphatic rings.